The van der Waals surface area contributed by atoms with Gasteiger partial charge in [0.15, 0.2) is 11.5 Å². The number of carbonyl (C=O) groups is 1. The molecule has 0 aliphatic carbocycles. The van der Waals surface area contributed by atoms with Crippen LogP contribution in [0.15, 0.2) is 60.0 Å². The molecule has 11 heteroatoms. The lowest BCUT2D eigenvalue weighted by Gasteiger charge is -2.27. The van der Waals surface area contributed by atoms with Gasteiger partial charge in [-0.25, -0.2) is 9.99 Å². The van der Waals surface area contributed by atoms with E-state index in [1.807, 2.05) is 20.0 Å². The zero-order valence-electron chi connectivity index (χ0n) is 27.5. The van der Waals surface area contributed by atoms with Crippen molar-refractivity contribution in [1.29, 1.82) is 0 Å². The molecule has 3 heterocycles. The molecule has 5 rings (SSSR count). The Labute approximate surface area is 275 Å². The Morgan fingerprint density at radius 1 is 1.07 bits per heavy atom. The van der Waals surface area contributed by atoms with Crippen LogP contribution in [0.5, 0.6) is 17.2 Å². The van der Waals surface area contributed by atoms with Crippen LogP contribution in [-0.2, 0) is 11.3 Å². The largest absolute Gasteiger partial charge is 0.493 e. The molecule has 1 aliphatic rings. The number of carbonyl (C=O) groups excluding carboxylic acids is 1. The summed E-state index contributed by atoms with van der Waals surface area (Å²) in [6, 6.07) is 15.9. The van der Waals surface area contributed by atoms with Crippen LogP contribution >= 0.6 is 11.3 Å². The molecule has 0 fully saturated rings. The van der Waals surface area contributed by atoms with E-state index in [2.05, 4.69) is 56.8 Å². The third kappa shape index (κ3) is 7.72. The average Bonchev–Trinajstić information content (AvgIpc) is 3.69. The number of benzene rings is 2. The van der Waals surface area contributed by atoms with Gasteiger partial charge in [0.05, 0.1) is 39.0 Å². The highest BCUT2D eigenvalue weighted by Gasteiger charge is 2.24. The lowest BCUT2D eigenvalue weighted by molar-refractivity contribution is 0.0780. The number of fused-ring (bicyclic) bond motifs is 1. The fourth-order valence-corrected chi connectivity index (χ4v) is 6.80. The van der Waals surface area contributed by atoms with Crippen molar-refractivity contribution in [2.24, 2.45) is 0 Å². The van der Waals surface area contributed by atoms with E-state index in [0.29, 0.717) is 49.1 Å². The van der Waals surface area contributed by atoms with Crippen molar-refractivity contribution >= 4 is 33.9 Å². The molecule has 1 amide bonds. The van der Waals surface area contributed by atoms with E-state index in [4.69, 9.17) is 23.9 Å². The molecular formula is C35H45N5O5S. The summed E-state index contributed by atoms with van der Waals surface area (Å²) >= 11 is 1.73. The molecule has 0 radical (unpaired) electrons. The molecule has 2 aromatic heterocycles. The number of para-hydroxylation sites is 2. The number of thiophene rings is 1. The minimum absolute atomic E-state index is 0.102. The predicted molar refractivity (Wildman–Crippen MR) is 183 cm³/mol. The first-order valence-corrected chi connectivity index (χ1v) is 16.6. The molecule has 10 nitrogen and oxygen atoms in total. The fourth-order valence-electron chi connectivity index (χ4n) is 5.95. The lowest BCUT2D eigenvalue weighted by atomic mass is 10.0. The zero-order chi connectivity index (χ0) is 32.5. The second-order valence-corrected chi connectivity index (χ2v) is 12.2. The Morgan fingerprint density at radius 3 is 2.54 bits per heavy atom. The summed E-state index contributed by atoms with van der Waals surface area (Å²) in [5.74, 6) is 2.45. The van der Waals surface area contributed by atoms with Crippen molar-refractivity contribution in [2.45, 2.75) is 32.2 Å². The molecule has 46 heavy (non-hydrogen) atoms. The van der Waals surface area contributed by atoms with Crippen molar-refractivity contribution < 1.29 is 23.7 Å². The molecule has 0 saturated carbocycles. The van der Waals surface area contributed by atoms with E-state index in [-0.39, 0.29) is 11.8 Å². The van der Waals surface area contributed by atoms with E-state index in [9.17, 15) is 4.79 Å². The fraction of sp³-hybridized carbons (Fsp3) is 0.429. The van der Waals surface area contributed by atoms with Crippen LogP contribution in [0.3, 0.4) is 0 Å². The van der Waals surface area contributed by atoms with E-state index < -0.39 is 0 Å². The highest BCUT2D eigenvalue weighted by molar-refractivity contribution is 7.10. The Morgan fingerprint density at radius 2 is 1.85 bits per heavy atom. The summed E-state index contributed by atoms with van der Waals surface area (Å²) in [5.41, 5.74) is 7.48. The topological polar surface area (TPSA) is 90.3 Å². The molecule has 0 spiro atoms. The number of nitrogens with one attached hydrogen (secondary N) is 1. The summed E-state index contributed by atoms with van der Waals surface area (Å²) in [6.45, 7) is 7.14. The number of amides is 1. The molecule has 2 aromatic carbocycles. The number of rotatable bonds is 15. The maximum Gasteiger partial charge on any atom is 0.253 e. The van der Waals surface area contributed by atoms with Crippen molar-refractivity contribution in [3.63, 3.8) is 0 Å². The summed E-state index contributed by atoms with van der Waals surface area (Å²) in [5, 5.41) is 4.40. The summed E-state index contributed by atoms with van der Waals surface area (Å²) in [4.78, 5) is 21.7. The number of likely N-dealkylation sites (N-methyl/N-ethyl adjacent to an activating group) is 1. The third-order valence-corrected chi connectivity index (χ3v) is 9.37. The van der Waals surface area contributed by atoms with Crippen molar-refractivity contribution in [1.82, 2.24) is 24.9 Å². The molecule has 246 valence electrons. The number of hydrazine groups is 1. The van der Waals surface area contributed by atoms with Crippen LogP contribution in [-0.4, -0.2) is 93.1 Å². The van der Waals surface area contributed by atoms with Gasteiger partial charge < -0.3 is 28.4 Å². The van der Waals surface area contributed by atoms with Gasteiger partial charge in [0.25, 0.3) is 5.91 Å². The minimum atomic E-state index is -0.102. The monoisotopic (exact) mass is 647 g/mol. The molecule has 0 bridgehead atoms. The number of aromatic nitrogens is 2. The zero-order valence-corrected chi connectivity index (χ0v) is 28.3. The van der Waals surface area contributed by atoms with Gasteiger partial charge in [-0.15, -0.1) is 11.3 Å². The summed E-state index contributed by atoms with van der Waals surface area (Å²) in [7, 11) is 6.51. The number of ether oxygens (including phenoxy) is 4. The van der Waals surface area contributed by atoms with E-state index in [1.165, 1.54) is 10.5 Å². The van der Waals surface area contributed by atoms with Gasteiger partial charge in [0, 0.05) is 68.3 Å². The Kier molecular flexibility index (Phi) is 11.7. The standard InChI is InChI=1S/C35H45N5O5S/c1-6-45-19-18-40-29-13-8-7-12-28(29)37-34(40)25-11-9-16-39(36-23-25)17-15-26(32-14-10-20-46-32)24-38(2)35(41)27-21-30(42-3)33(44-5)31(22-27)43-4/h7-8,10-14,20-22,26,36H,6,9,15-19,23-24H2,1-5H3. The Hall–Kier alpha value is -3.90. The molecule has 1 aliphatic heterocycles. The van der Waals surface area contributed by atoms with Gasteiger partial charge in [-0.1, -0.05) is 24.3 Å². The van der Waals surface area contributed by atoms with E-state index >= 15 is 0 Å². The summed E-state index contributed by atoms with van der Waals surface area (Å²) in [6.07, 6.45) is 4.12. The van der Waals surface area contributed by atoms with Gasteiger partial charge in [-0.2, -0.15) is 0 Å². The van der Waals surface area contributed by atoms with Crippen molar-refractivity contribution in [3.8, 4) is 17.2 Å². The highest BCUT2D eigenvalue weighted by Crippen LogP contribution is 2.38. The number of hydrogen-bond donors (Lipinski definition) is 1. The third-order valence-electron chi connectivity index (χ3n) is 8.33. The molecular weight excluding hydrogens is 602 g/mol. The van der Waals surface area contributed by atoms with Crippen LogP contribution in [0.4, 0.5) is 0 Å². The molecule has 4 aromatic rings. The predicted octanol–water partition coefficient (Wildman–Crippen LogP) is 5.70. The van der Waals surface area contributed by atoms with Gasteiger partial charge in [0.2, 0.25) is 5.75 Å². The first kappa shape index (κ1) is 33.5. The van der Waals surface area contributed by atoms with Crippen LogP contribution < -0.4 is 19.6 Å². The molecule has 0 saturated heterocycles. The quantitative estimate of drug-likeness (QED) is 0.165. The average molecular weight is 648 g/mol. The number of hydrogen-bond acceptors (Lipinski definition) is 9. The van der Waals surface area contributed by atoms with Crippen LogP contribution in [0.1, 0.15) is 46.7 Å². The van der Waals surface area contributed by atoms with Gasteiger partial charge in [-0.05, 0) is 55.5 Å². The second-order valence-electron chi connectivity index (χ2n) is 11.2. The molecule has 1 unspecified atom stereocenters. The van der Waals surface area contributed by atoms with Crippen LogP contribution in [0.25, 0.3) is 16.6 Å². The van der Waals surface area contributed by atoms with Crippen LogP contribution in [0.2, 0.25) is 0 Å². The van der Waals surface area contributed by atoms with Gasteiger partial charge >= 0.3 is 0 Å². The van der Waals surface area contributed by atoms with Gasteiger partial charge in [0.1, 0.15) is 5.82 Å². The number of nitrogens with zero attached hydrogens (tertiary/aromatic N) is 4. The second kappa shape index (κ2) is 16.1. The first-order valence-electron chi connectivity index (χ1n) is 15.8. The van der Waals surface area contributed by atoms with E-state index in [0.717, 1.165) is 49.3 Å². The SMILES string of the molecule is CCOCCn1c(C2=CCCN(CCC(CN(C)C(=O)c3cc(OC)c(OC)c(OC)c3)c3cccs3)NC2)nc2ccccc21. The first-order chi connectivity index (χ1) is 22.5. The summed E-state index contributed by atoms with van der Waals surface area (Å²) < 4.78 is 24.4. The maximum atomic E-state index is 13.6. The molecule has 1 N–H and O–H groups in total. The van der Waals surface area contributed by atoms with E-state index in [1.54, 1.807) is 49.7 Å². The highest BCUT2D eigenvalue weighted by atomic mass is 32.1. The maximum absolute atomic E-state index is 13.6. The number of methoxy groups -OCH3 is 3. The Bertz CT molecular complexity index is 1590. The van der Waals surface area contributed by atoms with Crippen LogP contribution in [0, 0.1) is 0 Å². The minimum Gasteiger partial charge on any atom is -0.493 e. The van der Waals surface area contributed by atoms with Crippen molar-refractivity contribution in [3.05, 3.63) is 76.3 Å². The number of imidazole rings is 1. The van der Waals surface area contributed by atoms with Gasteiger partial charge in [-0.3, -0.25) is 10.2 Å². The Balaban J connectivity index is 1.25. The normalized spacial score (nSPS) is 14.5. The van der Waals surface area contributed by atoms with Crippen molar-refractivity contribution in [2.75, 3.05) is 67.8 Å². The lowest BCUT2D eigenvalue weighted by Crippen LogP contribution is -2.40. The molecule has 1 atom stereocenters. The smallest absolute Gasteiger partial charge is 0.253 e.